The highest BCUT2D eigenvalue weighted by atomic mass is 31.2. The third-order valence-corrected chi connectivity index (χ3v) is 6.42. The number of aryl methyl sites for hydroxylation is 2. The summed E-state index contributed by atoms with van der Waals surface area (Å²) < 4.78 is 59.8. The van der Waals surface area contributed by atoms with Crippen molar-refractivity contribution in [3.05, 3.63) is 75.7 Å². The van der Waals surface area contributed by atoms with Gasteiger partial charge in [0.05, 0.1) is 35.5 Å². The second-order valence-electron chi connectivity index (χ2n) is 8.51. The van der Waals surface area contributed by atoms with Gasteiger partial charge in [0.1, 0.15) is 17.1 Å². The molecule has 4 aromatic rings. The van der Waals surface area contributed by atoms with Crippen LogP contribution in [0.1, 0.15) is 16.7 Å². The van der Waals surface area contributed by atoms with Gasteiger partial charge in [-0.1, -0.05) is 12.1 Å². The maximum Gasteiger partial charge on any atom is 0.421 e. The Labute approximate surface area is 214 Å². The number of pyridine rings is 1. The lowest BCUT2D eigenvalue weighted by atomic mass is 10.1. The fourth-order valence-electron chi connectivity index (χ4n) is 3.96. The van der Waals surface area contributed by atoms with Gasteiger partial charge >= 0.3 is 13.8 Å². The fraction of sp³-hybridized carbons (Fsp3) is 0.208. The second kappa shape index (κ2) is 10.1. The molecule has 0 fully saturated rings. The summed E-state index contributed by atoms with van der Waals surface area (Å²) in [6.45, 7) is 1.62. The highest BCUT2D eigenvalue weighted by Crippen LogP contribution is 2.41. The molecule has 0 aliphatic rings. The molecule has 2 aromatic heterocycles. The Morgan fingerprint density at radius 1 is 1.13 bits per heavy atom. The zero-order chi connectivity index (χ0) is 27.8. The molecule has 2 heterocycles. The standard InChI is InChI=1S/C24H23F3N5O5P/c1-13-11-32(2)18-6-4-5-17(20(18)21(13)33)29-22-15(24(25,26)27)10-28-23(31-22)30-16-8-7-14(9-19(16)37-3)12-38(34,35)36/h4-11H,12H2,1-3H3,(H2,34,35,36)(H2,28,29,30,31). The molecule has 0 unspecified atom stereocenters. The number of hydrogen-bond acceptors (Lipinski definition) is 7. The van der Waals surface area contributed by atoms with E-state index >= 15 is 0 Å². The minimum absolute atomic E-state index is 0.140. The van der Waals surface area contributed by atoms with Crippen LogP contribution in [0.25, 0.3) is 10.9 Å². The van der Waals surface area contributed by atoms with Gasteiger partial charge in [-0.05, 0) is 36.8 Å². The number of rotatable bonds is 7. The molecular formula is C24H23F3N5O5P. The molecule has 0 saturated heterocycles. The lowest BCUT2D eigenvalue weighted by Gasteiger charge is -2.17. The van der Waals surface area contributed by atoms with E-state index in [2.05, 4.69) is 20.6 Å². The summed E-state index contributed by atoms with van der Waals surface area (Å²) in [4.78, 5) is 39.1. The maximum atomic E-state index is 13.8. The number of ether oxygens (including phenoxy) is 1. The first-order valence-electron chi connectivity index (χ1n) is 11.1. The molecule has 10 nitrogen and oxygen atoms in total. The number of halogens is 3. The van der Waals surface area contributed by atoms with E-state index in [4.69, 9.17) is 4.74 Å². The third kappa shape index (κ3) is 5.80. The monoisotopic (exact) mass is 549 g/mol. The Morgan fingerprint density at radius 2 is 1.87 bits per heavy atom. The van der Waals surface area contributed by atoms with Crippen LogP contribution >= 0.6 is 7.60 Å². The van der Waals surface area contributed by atoms with E-state index in [1.807, 2.05) is 0 Å². The Morgan fingerprint density at radius 3 is 2.53 bits per heavy atom. The molecule has 0 spiro atoms. The van der Waals surface area contributed by atoms with Gasteiger partial charge in [0.2, 0.25) is 5.95 Å². The molecule has 4 rings (SSSR count). The van der Waals surface area contributed by atoms with E-state index < -0.39 is 31.3 Å². The van der Waals surface area contributed by atoms with Crippen molar-refractivity contribution in [1.82, 2.24) is 14.5 Å². The highest BCUT2D eigenvalue weighted by Gasteiger charge is 2.35. The zero-order valence-electron chi connectivity index (χ0n) is 20.4. The predicted octanol–water partition coefficient (Wildman–Crippen LogP) is 4.83. The van der Waals surface area contributed by atoms with E-state index in [1.165, 1.54) is 31.4 Å². The smallest absolute Gasteiger partial charge is 0.421 e. The van der Waals surface area contributed by atoms with Gasteiger partial charge in [-0.2, -0.15) is 18.2 Å². The highest BCUT2D eigenvalue weighted by molar-refractivity contribution is 7.50. The largest absolute Gasteiger partial charge is 0.495 e. The minimum atomic E-state index is -4.80. The number of alkyl halides is 3. The number of aromatic nitrogens is 3. The summed E-state index contributed by atoms with van der Waals surface area (Å²) in [7, 11) is -1.28. The number of methoxy groups -OCH3 is 1. The molecule has 200 valence electrons. The van der Waals surface area contributed by atoms with Gasteiger partial charge in [0, 0.05) is 25.0 Å². The Bertz CT molecular complexity index is 1630. The van der Waals surface area contributed by atoms with Crippen LogP contribution in [0.2, 0.25) is 0 Å². The number of benzene rings is 2. The van der Waals surface area contributed by atoms with E-state index in [-0.39, 0.29) is 33.9 Å². The average molecular weight is 549 g/mol. The van der Waals surface area contributed by atoms with Crippen LogP contribution in [0.3, 0.4) is 0 Å². The molecule has 0 bridgehead atoms. The summed E-state index contributed by atoms with van der Waals surface area (Å²) in [6.07, 6.45) is -3.06. The van der Waals surface area contributed by atoms with Crippen LogP contribution in [0.15, 0.2) is 53.6 Å². The predicted molar refractivity (Wildman–Crippen MR) is 136 cm³/mol. The SMILES string of the molecule is COc1cc(CP(=O)(O)O)ccc1Nc1ncc(C(F)(F)F)c(Nc2cccc3c2c(=O)c(C)cn3C)n1. The molecule has 0 saturated carbocycles. The minimum Gasteiger partial charge on any atom is -0.495 e. The summed E-state index contributed by atoms with van der Waals surface area (Å²) in [5.74, 6) is -0.629. The van der Waals surface area contributed by atoms with Crippen LogP contribution in [0.4, 0.5) is 36.3 Å². The summed E-state index contributed by atoms with van der Waals surface area (Å²) in [6, 6.07) is 9.04. The molecule has 14 heteroatoms. The number of anilines is 4. The Kier molecular flexibility index (Phi) is 7.20. The van der Waals surface area contributed by atoms with E-state index in [1.54, 1.807) is 36.9 Å². The molecule has 0 aliphatic carbocycles. The average Bonchev–Trinajstić information content (AvgIpc) is 2.82. The first kappa shape index (κ1) is 27.1. The molecule has 38 heavy (non-hydrogen) atoms. The molecule has 2 aromatic carbocycles. The van der Waals surface area contributed by atoms with Gasteiger partial charge < -0.3 is 29.7 Å². The maximum absolute atomic E-state index is 13.8. The zero-order valence-corrected chi connectivity index (χ0v) is 21.3. The van der Waals surface area contributed by atoms with Crippen LogP contribution in [-0.2, 0) is 24.0 Å². The molecule has 0 radical (unpaired) electrons. The number of nitrogens with one attached hydrogen (secondary N) is 2. The lowest BCUT2D eigenvalue weighted by molar-refractivity contribution is -0.137. The number of fused-ring (bicyclic) bond motifs is 1. The van der Waals surface area contributed by atoms with Crippen molar-refractivity contribution in [3.63, 3.8) is 0 Å². The number of nitrogens with zero attached hydrogens (tertiary/aromatic N) is 3. The fourth-order valence-corrected chi connectivity index (χ4v) is 4.63. The Hall–Kier alpha value is -3.93. The van der Waals surface area contributed by atoms with Crippen LogP contribution in [-0.4, -0.2) is 31.4 Å². The molecule has 0 amide bonds. The molecular weight excluding hydrogens is 526 g/mol. The lowest BCUT2D eigenvalue weighted by Crippen LogP contribution is -2.15. The summed E-state index contributed by atoms with van der Waals surface area (Å²) >= 11 is 0. The normalized spacial score (nSPS) is 12.0. The van der Waals surface area contributed by atoms with Crippen molar-refractivity contribution < 1.29 is 32.3 Å². The van der Waals surface area contributed by atoms with Gasteiger partial charge in [-0.25, -0.2) is 4.98 Å². The third-order valence-electron chi connectivity index (χ3n) is 5.64. The van der Waals surface area contributed by atoms with Crippen molar-refractivity contribution >= 4 is 41.6 Å². The van der Waals surface area contributed by atoms with Crippen molar-refractivity contribution in [2.75, 3.05) is 17.7 Å². The van der Waals surface area contributed by atoms with Crippen LogP contribution in [0, 0.1) is 6.92 Å². The van der Waals surface area contributed by atoms with Gasteiger partial charge in [0.15, 0.2) is 5.43 Å². The first-order chi connectivity index (χ1) is 17.8. The van der Waals surface area contributed by atoms with Crippen LogP contribution in [0.5, 0.6) is 5.75 Å². The van der Waals surface area contributed by atoms with Crippen molar-refractivity contribution in [1.29, 1.82) is 0 Å². The Balaban J connectivity index is 1.77. The molecule has 4 N–H and O–H groups in total. The number of hydrogen-bond donors (Lipinski definition) is 4. The van der Waals surface area contributed by atoms with Crippen molar-refractivity contribution in [2.45, 2.75) is 19.3 Å². The van der Waals surface area contributed by atoms with Crippen molar-refractivity contribution in [2.24, 2.45) is 7.05 Å². The van der Waals surface area contributed by atoms with E-state index in [0.717, 1.165) is 0 Å². The first-order valence-corrected chi connectivity index (χ1v) is 12.9. The van der Waals surface area contributed by atoms with Crippen LogP contribution < -0.4 is 20.8 Å². The summed E-state index contributed by atoms with van der Waals surface area (Å²) in [5, 5.41) is 5.64. The van der Waals surface area contributed by atoms with Gasteiger partial charge in [-0.15, -0.1) is 0 Å². The van der Waals surface area contributed by atoms with Gasteiger partial charge in [0.25, 0.3) is 0 Å². The molecule has 0 atom stereocenters. The second-order valence-corrected chi connectivity index (χ2v) is 10.2. The van der Waals surface area contributed by atoms with Crippen molar-refractivity contribution in [3.8, 4) is 5.75 Å². The van der Waals surface area contributed by atoms with E-state index in [9.17, 15) is 32.3 Å². The molecule has 0 aliphatic heterocycles. The quantitative estimate of drug-likeness (QED) is 0.239. The topological polar surface area (TPSA) is 139 Å². The summed E-state index contributed by atoms with van der Waals surface area (Å²) in [5.41, 5.74) is 0.153. The van der Waals surface area contributed by atoms with E-state index in [0.29, 0.717) is 22.8 Å². The van der Waals surface area contributed by atoms with Gasteiger partial charge in [-0.3, -0.25) is 9.36 Å².